The molecule has 0 saturated carbocycles. The quantitative estimate of drug-likeness (QED) is 0.337. The molecule has 0 saturated heterocycles. The number of hydrogen-bond acceptors (Lipinski definition) is 2. The molecule has 6 heteroatoms. The number of amides is 2. The Hall–Kier alpha value is 0.400. The van der Waals surface area contributed by atoms with Gasteiger partial charge in [0, 0.05) is 58.3 Å². The number of carbonyl (C=O) groups is 2. The second-order valence-electron chi connectivity index (χ2n) is 1.75. The molecule has 0 aliphatic heterocycles. The smallest absolute Gasteiger partial charge is 0.280 e. The summed E-state index contributed by atoms with van der Waals surface area (Å²) in [5.41, 5.74) is 0. The van der Waals surface area contributed by atoms with Crippen LogP contribution in [0.1, 0.15) is 6.42 Å². The Bertz CT molecular complexity index is 135. The van der Waals surface area contributed by atoms with Crippen LogP contribution in [0.5, 0.6) is 0 Å². The van der Waals surface area contributed by atoms with Crippen LogP contribution in [0.4, 0.5) is 9.59 Å². The molecule has 64 valence electrons. The van der Waals surface area contributed by atoms with E-state index in [0.29, 0.717) is 13.1 Å². The average Bonchev–Trinajstić information content (AvgIpc) is 1.85. The van der Waals surface area contributed by atoms with Gasteiger partial charge in [-0.1, -0.05) is 0 Å². The molecule has 2 amide bonds. The molecule has 0 fully saturated rings. The maximum Gasteiger partial charge on any atom is 0.280 e. The van der Waals surface area contributed by atoms with E-state index in [-0.39, 0.29) is 7.83 Å². The van der Waals surface area contributed by atoms with Gasteiger partial charge in [-0.2, -0.15) is 0 Å². The van der Waals surface area contributed by atoms with Gasteiger partial charge in [-0.25, -0.2) is 0 Å². The Labute approximate surface area is 92.1 Å². The minimum Gasteiger partial charge on any atom is -0.347 e. The second kappa shape index (κ2) is 7.07. The zero-order valence-corrected chi connectivity index (χ0v) is 10.0. The molecule has 0 aromatic heterocycles. The van der Waals surface area contributed by atoms with E-state index in [4.69, 9.17) is 0 Å². The lowest BCUT2D eigenvalue weighted by Gasteiger charge is -2.00. The molecule has 0 aliphatic carbocycles. The number of nitrogens with one attached hydrogen (secondary N) is 2. The molecule has 0 spiro atoms. The van der Waals surface area contributed by atoms with Crippen LogP contribution in [0, 0.1) is 0 Å². The second-order valence-corrected chi connectivity index (χ2v) is 3.71. The molecule has 0 aromatic carbocycles. The van der Waals surface area contributed by atoms with Crippen molar-refractivity contribution in [1.82, 2.24) is 10.6 Å². The Morgan fingerprint density at radius 1 is 1.00 bits per heavy atom. The highest BCUT2D eigenvalue weighted by Crippen LogP contribution is 1.85. The van der Waals surface area contributed by atoms with Crippen molar-refractivity contribution in [3.63, 3.8) is 0 Å². The summed E-state index contributed by atoms with van der Waals surface area (Å²) in [5.74, 6) is 0. The Balaban J connectivity index is 3.03. The monoisotopic (exact) mass is 382 g/mol. The van der Waals surface area contributed by atoms with Crippen molar-refractivity contribution < 1.29 is 9.59 Å². The van der Waals surface area contributed by atoms with Crippen molar-refractivity contribution >= 4 is 53.0 Å². The molecule has 0 radical (unpaired) electrons. The summed E-state index contributed by atoms with van der Waals surface area (Å²) in [6, 6.07) is 0. The van der Waals surface area contributed by atoms with Gasteiger partial charge in [0.2, 0.25) is 0 Å². The summed E-state index contributed by atoms with van der Waals surface area (Å²) < 4.78 is -0.133. The van der Waals surface area contributed by atoms with Gasteiger partial charge in [0.1, 0.15) is 0 Å². The van der Waals surface area contributed by atoms with Crippen molar-refractivity contribution in [3.8, 4) is 0 Å². The maximum absolute atomic E-state index is 10.3. The van der Waals surface area contributed by atoms with Crippen molar-refractivity contribution in [3.05, 3.63) is 0 Å². The summed E-state index contributed by atoms with van der Waals surface area (Å²) in [5, 5.41) is 5.23. The highest BCUT2D eigenvalue weighted by molar-refractivity contribution is 14.1. The third kappa shape index (κ3) is 10.4. The summed E-state index contributed by atoms with van der Waals surface area (Å²) in [4.78, 5) is 20.7. The third-order valence-corrected chi connectivity index (χ3v) is 1.64. The first-order valence-corrected chi connectivity index (χ1v) is 5.15. The van der Waals surface area contributed by atoms with Crippen LogP contribution in [-0.4, -0.2) is 20.9 Å². The predicted molar refractivity (Wildman–Crippen MR) is 59.5 cm³/mol. The van der Waals surface area contributed by atoms with Gasteiger partial charge in [-0.3, -0.25) is 9.59 Å². The van der Waals surface area contributed by atoms with Gasteiger partial charge in [0.15, 0.2) is 0 Å². The van der Waals surface area contributed by atoms with Gasteiger partial charge in [-0.05, 0) is 6.42 Å². The van der Waals surface area contributed by atoms with Gasteiger partial charge < -0.3 is 10.6 Å². The van der Waals surface area contributed by atoms with Crippen molar-refractivity contribution in [1.29, 1.82) is 0 Å². The fourth-order valence-corrected chi connectivity index (χ4v) is 1.00. The molecule has 0 rings (SSSR count). The highest BCUT2D eigenvalue weighted by atomic mass is 127. The Morgan fingerprint density at radius 3 is 1.64 bits per heavy atom. The van der Waals surface area contributed by atoms with Gasteiger partial charge in [0.25, 0.3) is 7.83 Å². The van der Waals surface area contributed by atoms with Crippen molar-refractivity contribution in [2.75, 3.05) is 13.1 Å². The van der Waals surface area contributed by atoms with E-state index in [0.717, 1.165) is 6.42 Å². The lowest BCUT2D eigenvalue weighted by atomic mass is 10.4. The number of hydrogen-bond donors (Lipinski definition) is 2. The lowest BCUT2D eigenvalue weighted by molar-refractivity contribution is 0.262. The van der Waals surface area contributed by atoms with E-state index in [1.807, 2.05) is 0 Å². The molecule has 0 heterocycles. The van der Waals surface area contributed by atoms with Gasteiger partial charge >= 0.3 is 0 Å². The molecule has 0 unspecified atom stereocenters. The molecular weight excluding hydrogens is 374 g/mol. The molecule has 0 aliphatic rings. The van der Waals surface area contributed by atoms with Crippen LogP contribution in [0.2, 0.25) is 0 Å². The average molecular weight is 382 g/mol. The fraction of sp³-hybridized carbons (Fsp3) is 0.600. The van der Waals surface area contributed by atoms with E-state index in [9.17, 15) is 9.59 Å². The van der Waals surface area contributed by atoms with Crippen LogP contribution in [0.15, 0.2) is 0 Å². The number of halogens is 2. The molecule has 0 aromatic rings. The Kier molecular flexibility index (Phi) is 7.33. The molecular formula is C5H8I2N2O2. The van der Waals surface area contributed by atoms with E-state index in [1.165, 1.54) is 0 Å². The SMILES string of the molecule is O=C(I)NCCCNC(=O)I. The van der Waals surface area contributed by atoms with Crippen LogP contribution in [0.3, 0.4) is 0 Å². The number of rotatable bonds is 4. The number of carbonyl (C=O) groups excluding carboxylic acids is 2. The van der Waals surface area contributed by atoms with Crippen LogP contribution >= 0.6 is 45.2 Å². The van der Waals surface area contributed by atoms with Crippen LogP contribution < -0.4 is 10.6 Å². The summed E-state index contributed by atoms with van der Waals surface area (Å²) >= 11 is 3.34. The predicted octanol–water partition coefficient (Wildman–Crippen LogP) is 1.67. The van der Waals surface area contributed by atoms with Crippen LogP contribution in [-0.2, 0) is 0 Å². The minimum atomic E-state index is -0.0663. The van der Waals surface area contributed by atoms with E-state index in [2.05, 4.69) is 10.6 Å². The standard InChI is InChI=1S/C5H8I2N2O2/c6-4(10)8-2-1-3-9-5(7)11/h1-3H2,(H,8,10)(H,9,11). The third-order valence-electron chi connectivity index (χ3n) is 0.882. The molecule has 4 nitrogen and oxygen atoms in total. The Morgan fingerprint density at radius 2 is 1.36 bits per heavy atom. The topological polar surface area (TPSA) is 58.2 Å². The van der Waals surface area contributed by atoms with Crippen LogP contribution in [0.25, 0.3) is 0 Å². The molecule has 0 bridgehead atoms. The zero-order valence-electron chi connectivity index (χ0n) is 5.69. The maximum atomic E-state index is 10.3. The first-order chi connectivity index (χ1) is 5.13. The molecule has 2 N–H and O–H groups in total. The lowest BCUT2D eigenvalue weighted by Crippen LogP contribution is -2.24. The first-order valence-electron chi connectivity index (χ1n) is 2.99. The normalized spacial score (nSPS) is 8.91. The van der Waals surface area contributed by atoms with E-state index in [1.54, 1.807) is 45.2 Å². The minimum absolute atomic E-state index is 0.0663. The van der Waals surface area contributed by atoms with Gasteiger partial charge in [0.05, 0.1) is 0 Å². The van der Waals surface area contributed by atoms with E-state index >= 15 is 0 Å². The van der Waals surface area contributed by atoms with E-state index < -0.39 is 0 Å². The molecule has 0 atom stereocenters. The summed E-state index contributed by atoms with van der Waals surface area (Å²) in [6.45, 7) is 1.22. The zero-order chi connectivity index (χ0) is 8.69. The summed E-state index contributed by atoms with van der Waals surface area (Å²) in [7, 11) is 0. The largest absolute Gasteiger partial charge is 0.347 e. The highest BCUT2D eigenvalue weighted by Gasteiger charge is 1.93. The van der Waals surface area contributed by atoms with Crippen molar-refractivity contribution in [2.45, 2.75) is 6.42 Å². The van der Waals surface area contributed by atoms with Crippen molar-refractivity contribution in [2.24, 2.45) is 0 Å². The fourth-order valence-electron chi connectivity index (χ4n) is 0.462. The summed E-state index contributed by atoms with van der Waals surface area (Å²) in [6.07, 6.45) is 0.767. The molecule has 11 heavy (non-hydrogen) atoms. The first kappa shape index (κ1) is 11.4. The van der Waals surface area contributed by atoms with Gasteiger partial charge in [-0.15, -0.1) is 0 Å².